The van der Waals surface area contributed by atoms with Gasteiger partial charge in [-0.15, -0.1) is 0 Å². The molecule has 2 atom stereocenters. The molecule has 0 bridgehead atoms. The molecule has 0 radical (unpaired) electrons. The van der Waals surface area contributed by atoms with Gasteiger partial charge in [0.2, 0.25) is 0 Å². The van der Waals surface area contributed by atoms with E-state index < -0.39 is 11.9 Å². The molecule has 2 rings (SSSR count). The average Bonchev–Trinajstić information content (AvgIpc) is 3.14. The van der Waals surface area contributed by atoms with Crippen LogP contribution in [0.1, 0.15) is 25.7 Å². The molecule has 2 fully saturated rings. The first-order valence-electron chi connectivity index (χ1n) is 6.14. The van der Waals surface area contributed by atoms with Gasteiger partial charge < -0.3 is 19.8 Å². The van der Waals surface area contributed by atoms with Crippen LogP contribution >= 0.6 is 25.3 Å². The number of hydrogen-bond acceptors (Lipinski definition) is 6. The molecule has 0 heterocycles. The van der Waals surface area contributed by atoms with E-state index in [-0.39, 0.29) is 49.6 Å². The number of thiol groups is 2. The summed E-state index contributed by atoms with van der Waals surface area (Å²) in [5.74, 6) is -0.887. The first-order valence-corrected chi connectivity index (χ1v) is 7.41. The number of carbonyl (C=O) groups is 2. The maximum atomic E-state index is 10.3. The summed E-state index contributed by atoms with van der Waals surface area (Å²) in [5, 5.41) is 20.5. The second kappa shape index (κ2) is 11.4. The maximum Gasteiger partial charge on any atom is 1.00 e. The Labute approximate surface area is 155 Å². The number of carbonyl (C=O) groups excluding carboxylic acids is 2. The molecule has 2 aliphatic carbocycles. The van der Waals surface area contributed by atoms with Gasteiger partial charge in [-0.05, 0) is 49.0 Å². The first-order chi connectivity index (χ1) is 8.51. The molecule has 0 N–H and O–H groups in total. The zero-order valence-corrected chi connectivity index (χ0v) is 13.9. The number of aliphatic carboxylic acids is 2. The van der Waals surface area contributed by atoms with Gasteiger partial charge in [0.15, 0.2) is 0 Å². The fourth-order valence-corrected chi connectivity index (χ4v) is 2.72. The second-order valence-electron chi connectivity index (χ2n) is 4.89. The van der Waals surface area contributed by atoms with Crippen molar-refractivity contribution in [1.29, 1.82) is 0 Å². The van der Waals surface area contributed by atoms with E-state index in [9.17, 15) is 19.8 Å². The molecule has 8 heteroatoms. The molecule has 2 saturated carbocycles. The largest absolute Gasteiger partial charge is 1.00 e. The van der Waals surface area contributed by atoms with E-state index in [2.05, 4.69) is 25.3 Å². The van der Waals surface area contributed by atoms with Gasteiger partial charge in [-0.1, -0.05) is 0 Å². The third-order valence-corrected chi connectivity index (χ3v) is 4.17. The molecule has 0 aromatic rings. The average molecular weight is 304 g/mol. The summed E-state index contributed by atoms with van der Waals surface area (Å²) in [6.45, 7) is 0. The van der Waals surface area contributed by atoms with Crippen molar-refractivity contribution in [1.82, 2.24) is 0 Å². The van der Waals surface area contributed by atoms with Crippen LogP contribution in [0.2, 0.25) is 0 Å². The van der Waals surface area contributed by atoms with Gasteiger partial charge >= 0.3 is 37.7 Å². The molecular weight excluding hydrogens is 286 g/mol. The van der Waals surface area contributed by atoms with Crippen LogP contribution < -0.4 is 47.9 Å². The summed E-state index contributed by atoms with van der Waals surface area (Å²) < 4.78 is 0. The van der Waals surface area contributed by atoms with Gasteiger partial charge in [0, 0.05) is 23.8 Å². The predicted octanol–water partition coefficient (Wildman–Crippen LogP) is -6.61. The van der Waals surface area contributed by atoms with Crippen molar-refractivity contribution in [2.45, 2.75) is 25.7 Å². The summed E-state index contributed by atoms with van der Waals surface area (Å²) in [7, 11) is 0. The molecule has 0 saturated heterocycles. The van der Waals surface area contributed by atoms with E-state index in [0.717, 1.165) is 25.7 Å². The first kappa shape index (κ1) is 23.1. The van der Waals surface area contributed by atoms with Gasteiger partial charge in [0.1, 0.15) is 0 Å². The van der Waals surface area contributed by atoms with Crippen LogP contribution in [0.3, 0.4) is 0 Å². The molecule has 0 amide bonds. The molecule has 2 unspecified atom stereocenters. The third kappa shape index (κ3) is 8.32. The minimum Gasteiger partial charge on any atom is -0.550 e. The van der Waals surface area contributed by atoms with E-state index in [1.165, 1.54) is 0 Å². The molecule has 4 nitrogen and oxygen atoms in total. The number of hydrogen-bond donors (Lipinski definition) is 2. The van der Waals surface area contributed by atoms with Crippen LogP contribution in [0, 0.1) is 23.7 Å². The Morgan fingerprint density at radius 1 is 0.850 bits per heavy atom. The van der Waals surface area contributed by atoms with Crippen LogP contribution in [0.5, 0.6) is 0 Å². The molecule has 0 aromatic carbocycles. The Kier molecular flexibility index (Phi) is 13.2. The van der Waals surface area contributed by atoms with Gasteiger partial charge in [-0.2, -0.15) is 25.3 Å². The Bertz CT molecular complexity index is 280. The van der Waals surface area contributed by atoms with Crippen molar-refractivity contribution in [2.24, 2.45) is 23.7 Å². The van der Waals surface area contributed by atoms with E-state index in [0.29, 0.717) is 23.3 Å². The van der Waals surface area contributed by atoms with Crippen molar-refractivity contribution in [3.8, 4) is 0 Å². The molecular formula is C12H18Li2O4S2. The van der Waals surface area contributed by atoms with Crippen molar-refractivity contribution >= 4 is 37.2 Å². The summed E-state index contributed by atoms with van der Waals surface area (Å²) >= 11 is 7.83. The van der Waals surface area contributed by atoms with E-state index in [4.69, 9.17) is 0 Å². The summed E-state index contributed by atoms with van der Waals surface area (Å²) in [4.78, 5) is 20.5. The van der Waals surface area contributed by atoms with Crippen LogP contribution in [0.15, 0.2) is 0 Å². The van der Waals surface area contributed by atoms with E-state index in [1.807, 2.05) is 0 Å². The van der Waals surface area contributed by atoms with Crippen LogP contribution in [0.25, 0.3) is 0 Å². The zero-order chi connectivity index (χ0) is 13.7. The van der Waals surface area contributed by atoms with Crippen LogP contribution in [-0.4, -0.2) is 23.4 Å². The Morgan fingerprint density at radius 3 is 1.15 bits per heavy atom. The van der Waals surface area contributed by atoms with Gasteiger partial charge in [0.05, 0.1) is 0 Å². The van der Waals surface area contributed by atoms with Crippen molar-refractivity contribution in [3.63, 3.8) is 0 Å². The molecule has 20 heavy (non-hydrogen) atoms. The van der Waals surface area contributed by atoms with Crippen molar-refractivity contribution in [3.05, 3.63) is 0 Å². The van der Waals surface area contributed by atoms with E-state index >= 15 is 0 Å². The summed E-state index contributed by atoms with van der Waals surface area (Å²) in [6, 6.07) is 0. The van der Waals surface area contributed by atoms with Crippen LogP contribution in [-0.2, 0) is 9.59 Å². The minimum atomic E-state index is -0.937. The minimum absolute atomic E-state index is 0. The van der Waals surface area contributed by atoms with Gasteiger partial charge in [-0.3, -0.25) is 0 Å². The fourth-order valence-electron chi connectivity index (χ4n) is 1.83. The zero-order valence-electron chi connectivity index (χ0n) is 12.1. The third-order valence-electron chi connectivity index (χ3n) is 3.38. The maximum absolute atomic E-state index is 10.3. The van der Waals surface area contributed by atoms with E-state index in [1.54, 1.807) is 0 Å². The Morgan fingerprint density at radius 2 is 1.10 bits per heavy atom. The SMILES string of the molecule is O=C([O-])C(CS)C1CC1.O=C([O-])C(CS)C1CC1.[Li+].[Li+]. The summed E-state index contributed by atoms with van der Waals surface area (Å²) in [5.41, 5.74) is 0. The molecule has 0 aromatic heterocycles. The fraction of sp³-hybridized carbons (Fsp3) is 0.833. The van der Waals surface area contributed by atoms with Crippen molar-refractivity contribution < 1.29 is 57.5 Å². The monoisotopic (exact) mass is 304 g/mol. The topological polar surface area (TPSA) is 80.3 Å². The molecule has 0 spiro atoms. The smallest absolute Gasteiger partial charge is 0.550 e. The number of rotatable bonds is 6. The molecule has 0 aliphatic heterocycles. The number of carboxylic acid groups (broad SMARTS) is 2. The number of carboxylic acids is 2. The van der Waals surface area contributed by atoms with Crippen molar-refractivity contribution in [2.75, 3.05) is 11.5 Å². The molecule has 2 aliphatic rings. The standard InChI is InChI=1S/2C6H10O2S.2Li/c2*7-6(8)5(3-9)4-1-2-4;;/h2*4-5,9H,1-3H2,(H,7,8);;/q;;2*+1/p-2. The van der Waals surface area contributed by atoms with Gasteiger partial charge in [-0.25, -0.2) is 0 Å². The van der Waals surface area contributed by atoms with Crippen LogP contribution in [0.4, 0.5) is 0 Å². The van der Waals surface area contributed by atoms with Gasteiger partial charge in [0.25, 0.3) is 0 Å². The Balaban J connectivity index is 0. The predicted molar refractivity (Wildman–Crippen MR) is 70.1 cm³/mol. The Hall–Kier alpha value is 0.835. The molecule has 104 valence electrons. The summed E-state index contributed by atoms with van der Waals surface area (Å²) in [6.07, 6.45) is 4.16. The second-order valence-corrected chi connectivity index (χ2v) is 5.62. The normalized spacial score (nSPS) is 19.3. The quantitative estimate of drug-likeness (QED) is 0.378.